The Labute approximate surface area is 155 Å². The third kappa shape index (κ3) is 8.41. The van der Waals surface area contributed by atoms with Gasteiger partial charge in [0.1, 0.15) is 0 Å². The second-order valence-corrected chi connectivity index (χ2v) is 8.24. The number of rotatable bonds is 8. The van der Waals surface area contributed by atoms with Crippen LogP contribution < -0.4 is 10.6 Å². The molecule has 2 N–H and O–H groups in total. The minimum Gasteiger partial charge on any atom is -0.356 e. The number of hydrogen-bond donors (Lipinski definition) is 2. The average molecular weight is 352 g/mol. The number of nitrogens with zero attached hydrogens (tertiary/aromatic N) is 3. The van der Waals surface area contributed by atoms with Crippen LogP contribution in [0.3, 0.4) is 0 Å². The smallest absolute Gasteiger partial charge is 0.190 e. The second-order valence-electron chi connectivity index (χ2n) is 8.24. The van der Waals surface area contributed by atoms with E-state index >= 15 is 0 Å². The van der Waals surface area contributed by atoms with E-state index in [1.54, 1.807) is 0 Å². The molecule has 1 saturated heterocycles. The first kappa shape index (κ1) is 20.5. The molecule has 1 aliphatic heterocycles. The lowest BCUT2D eigenvalue weighted by Gasteiger charge is -2.34. The van der Waals surface area contributed by atoms with Crippen molar-refractivity contribution in [1.82, 2.24) is 20.4 Å². The van der Waals surface area contributed by atoms with E-state index in [1.807, 2.05) is 7.05 Å². The highest BCUT2D eigenvalue weighted by molar-refractivity contribution is 5.79. The van der Waals surface area contributed by atoms with Gasteiger partial charge in [-0.2, -0.15) is 0 Å². The molecule has 0 amide bonds. The second kappa shape index (κ2) is 11.7. The summed E-state index contributed by atoms with van der Waals surface area (Å²) in [6.45, 7) is 10.4. The van der Waals surface area contributed by atoms with Crippen LogP contribution in [0, 0.1) is 11.8 Å². The number of piperazine rings is 1. The van der Waals surface area contributed by atoms with Crippen molar-refractivity contribution in [1.29, 1.82) is 0 Å². The molecule has 0 bridgehead atoms. The van der Waals surface area contributed by atoms with Gasteiger partial charge in [-0.15, -0.1) is 0 Å². The number of hydrogen-bond acceptors (Lipinski definition) is 3. The van der Waals surface area contributed by atoms with E-state index in [2.05, 4.69) is 39.4 Å². The third-order valence-corrected chi connectivity index (χ3v) is 5.81. The standard InChI is InChI=1S/C20H41N5/c1-18(17-25-14-12-24(3)13-15-25)16-23-20(21-2)22-11-7-10-19-8-5-4-6-9-19/h18-19H,4-17H2,1-3H3,(H2,21,22,23). The van der Waals surface area contributed by atoms with E-state index in [0.29, 0.717) is 5.92 Å². The Bertz CT molecular complexity index is 370. The summed E-state index contributed by atoms with van der Waals surface area (Å²) in [6.07, 6.45) is 9.91. The lowest BCUT2D eigenvalue weighted by atomic mass is 9.86. The minimum atomic E-state index is 0.643. The van der Waals surface area contributed by atoms with Crippen LogP contribution >= 0.6 is 0 Å². The van der Waals surface area contributed by atoms with Crippen molar-refractivity contribution in [3.8, 4) is 0 Å². The van der Waals surface area contributed by atoms with Gasteiger partial charge < -0.3 is 20.4 Å². The quantitative estimate of drug-likeness (QED) is 0.400. The summed E-state index contributed by atoms with van der Waals surface area (Å²) in [5.74, 6) is 2.59. The van der Waals surface area contributed by atoms with Crippen LogP contribution in [-0.4, -0.2) is 75.7 Å². The van der Waals surface area contributed by atoms with E-state index in [0.717, 1.165) is 25.0 Å². The summed E-state index contributed by atoms with van der Waals surface area (Å²) in [7, 11) is 4.09. The van der Waals surface area contributed by atoms with Crippen LogP contribution in [0.4, 0.5) is 0 Å². The minimum absolute atomic E-state index is 0.643. The zero-order valence-electron chi connectivity index (χ0n) is 16.9. The van der Waals surface area contributed by atoms with Crippen molar-refractivity contribution in [3.05, 3.63) is 0 Å². The zero-order valence-corrected chi connectivity index (χ0v) is 16.9. The molecule has 25 heavy (non-hydrogen) atoms. The first-order valence-corrected chi connectivity index (χ1v) is 10.5. The Morgan fingerprint density at radius 3 is 2.48 bits per heavy atom. The van der Waals surface area contributed by atoms with Crippen LogP contribution in [0.2, 0.25) is 0 Å². The van der Waals surface area contributed by atoms with Crippen LogP contribution in [0.1, 0.15) is 51.9 Å². The molecule has 0 aromatic rings. The zero-order chi connectivity index (χ0) is 17.9. The predicted octanol–water partition coefficient (Wildman–Crippen LogP) is 2.40. The number of nitrogens with one attached hydrogen (secondary N) is 2. The molecule has 2 fully saturated rings. The monoisotopic (exact) mass is 351 g/mol. The van der Waals surface area contributed by atoms with Gasteiger partial charge in [0.25, 0.3) is 0 Å². The van der Waals surface area contributed by atoms with Crippen molar-refractivity contribution < 1.29 is 0 Å². The van der Waals surface area contributed by atoms with Crippen molar-refractivity contribution in [3.63, 3.8) is 0 Å². The van der Waals surface area contributed by atoms with Gasteiger partial charge in [-0.1, -0.05) is 39.0 Å². The molecule has 2 rings (SSSR count). The molecule has 1 heterocycles. The lowest BCUT2D eigenvalue weighted by molar-refractivity contribution is 0.139. The molecular formula is C20H41N5. The first-order valence-electron chi connectivity index (χ1n) is 10.5. The normalized spacial score (nSPS) is 22.8. The molecule has 0 radical (unpaired) electrons. The SMILES string of the molecule is CN=C(NCCCC1CCCCC1)NCC(C)CN1CCN(C)CC1. The van der Waals surface area contributed by atoms with Gasteiger partial charge in [-0.05, 0) is 31.7 Å². The highest BCUT2D eigenvalue weighted by Gasteiger charge is 2.16. The number of guanidine groups is 1. The van der Waals surface area contributed by atoms with Gasteiger partial charge in [0.15, 0.2) is 5.96 Å². The average Bonchev–Trinajstić information content (AvgIpc) is 2.64. The van der Waals surface area contributed by atoms with E-state index in [-0.39, 0.29) is 0 Å². The molecule has 1 saturated carbocycles. The predicted molar refractivity (Wildman–Crippen MR) is 108 cm³/mol. The van der Waals surface area contributed by atoms with Crippen molar-refractivity contribution in [2.75, 3.05) is 59.9 Å². The summed E-state index contributed by atoms with van der Waals surface area (Å²) in [5, 5.41) is 7.00. The van der Waals surface area contributed by atoms with Crippen molar-refractivity contribution in [2.45, 2.75) is 51.9 Å². The molecule has 1 atom stereocenters. The molecule has 2 aliphatic rings. The van der Waals surface area contributed by atoms with Crippen molar-refractivity contribution >= 4 is 5.96 Å². The fourth-order valence-corrected chi connectivity index (χ4v) is 4.10. The highest BCUT2D eigenvalue weighted by atomic mass is 15.2. The van der Waals surface area contributed by atoms with Gasteiger partial charge in [0, 0.05) is 52.9 Å². The molecule has 1 aliphatic carbocycles. The van der Waals surface area contributed by atoms with E-state index < -0.39 is 0 Å². The number of aliphatic imine (C=N–C) groups is 1. The molecule has 1 unspecified atom stereocenters. The summed E-state index contributed by atoms with van der Waals surface area (Å²) in [6, 6.07) is 0. The van der Waals surface area contributed by atoms with E-state index in [4.69, 9.17) is 0 Å². The summed E-state index contributed by atoms with van der Waals surface area (Å²) >= 11 is 0. The van der Waals surface area contributed by atoms with Crippen LogP contribution in [0.5, 0.6) is 0 Å². The first-order chi connectivity index (χ1) is 12.2. The molecule has 0 aromatic carbocycles. The highest BCUT2D eigenvalue weighted by Crippen LogP contribution is 2.26. The summed E-state index contributed by atoms with van der Waals surface area (Å²) in [5.41, 5.74) is 0. The topological polar surface area (TPSA) is 42.9 Å². The van der Waals surface area contributed by atoms with Gasteiger partial charge in [0.2, 0.25) is 0 Å². The van der Waals surface area contributed by atoms with Crippen LogP contribution in [0.25, 0.3) is 0 Å². The summed E-state index contributed by atoms with van der Waals surface area (Å²) < 4.78 is 0. The largest absolute Gasteiger partial charge is 0.356 e. The van der Waals surface area contributed by atoms with E-state index in [9.17, 15) is 0 Å². The lowest BCUT2D eigenvalue weighted by Crippen LogP contribution is -2.47. The molecule has 146 valence electrons. The number of likely N-dealkylation sites (N-methyl/N-ethyl adjacent to an activating group) is 1. The maximum Gasteiger partial charge on any atom is 0.190 e. The van der Waals surface area contributed by atoms with Gasteiger partial charge in [-0.25, -0.2) is 0 Å². The Hall–Kier alpha value is -0.810. The molecular weight excluding hydrogens is 310 g/mol. The maximum absolute atomic E-state index is 4.38. The Balaban J connectivity index is 1.53. The van der Waals surface area contributed by atoms with Crippen LogP contribution in [0.15, 0.2) is 4.99 Å². The molecule has 5 heteroatoms. The van der Waals surface area contributed by atoms with Gasteiger partial charge in [-0.3, -0.25) is 4.99 Å². The Kier molecular flexibility index (Phi) is 9.63. The van der Waals surface area contributed by atoms with Gasteiger partial charge in [0.05, 0.1) is 0 Å². The molecule has 0 spiro atoms. The van der Waals surface area contributed by atoms with Crippen molar-refractivity contribution in [2.24, 2.45) is 16.8 Å². The summed E-state index contributed by atoms with van der Waals surface area (Å²) in [4.78, 5) is 9.38. The Morgan fingerprint density at radius 1 is 1.08 bits per heavy atom. The fourth-order valence-electron chi connectivity index (χ4n) is 4.10. The van der Waals surface area contributed by atoms with Gasteiger partial charge >= 0.3 is 0 Å². The molecule has 0 aromatic heterocycles. The third-order valence-electron chi connectivity index (χ3n) is 5.81. The Morgan fingerprint density at radius 2 is 1.80 bits per heavy atom. The van der Waals surface area contributed by atoms with E-state index in [1.165, 1.54) is 77.7 Å². The molecule has 5 nitrogen and oxygen atoms in total. The van der Waals surface area contributed by atoms with Crippen LogP contribution in [-0.2, 0) is 0 Å². The maximum atomic E-state index is 4.38. The fraction of sp³-hybridized carbons (Fsp3) is 0.950.